The number of fused-ring (bicyclic) bond motifs is 1. The van der Waals surface area contributed by atoms with Crippen LogP contribution < -0.4 is 15.5 Å². The maximum Gasteiger partial charge on any atom is 0.339 e. The van der Waals surface area contributed by atoms with Gasteiger partial charge >= 0.3 is 6.03 Å². The topological polar surface area (TPSA) is 62.7 Å². The first kappa shape index (κ1) is 15.1. The number of nitrogens with one attached hydrogen (secondary N) is 2. The molecule has 1 aliphatic heterocycles. The fraction of sp³-hybridized carbons (Fsp3) is 0.222. The number of carbonyl (C=O) groups excluding carboxylic acids is 1. The molecule has 0 saturated heterocycles. The maximum absolute atomic E-state index is 11.9. The molecule has 118 valence electrons. The van der Waals surface area contributed by atoms with Crippen molar-refractivity contribution in [2.24, 2.45) is 5.10 Å². The number of hydrogen-bond donors (Lipinski definition) is 2. The highest BCUT2D eigenvalue weighted by Gasteiger charge is 2.29. The van der Waals surface area contributed by atoms with Gasteiger partial charge in [0.25, 0.3) is 0 Å². The zero-order valence-corrected chi connectivity index (χ0v) is 13.2. The van der Waals surface area contributed by atoms with Crippen molar-refractivity contribution in [1.29, 1.82) is 0 Å². The van der Waals surface area contributed by atoms with Crippen molar-refractivity contribution in [3.8, 4) is 5.75 Å². The van der Waals surface area contributed by atoms with E-state index in [4.69, 9.17) is 4.74 Å². The Labute approximate surface area is 135 Å². The average Bonchev–Trinajstić information content (AvgIpc) is 2.81. The molecule has 0 aliphatic carbocycles. The summed E-state index contributed by atoms with van der Waals surface area (Å²) in [6, 6.07) is 14.8. The minimum atomic E-state index is -0.379. The number of hydrogen-bond acceptors (Lipinski definition) is 3. The van der Waals surface area contributed by atoms with Crippen LogP contribution in [-0.4, -0.2) is 17.8 Å². The molecule has 0 fully saturated rings. The summed E-state index contributed by atoms with van der Waals surface area (Å²) in [7, 11) is 0. The summed E-state index contributed by atoms with van der Waals surface area (Å²) in [6.07, 6.45) is 2.42. The van der Waals surface area contributed by atoms with Crippen LogP contribution in [0.2, 0.25) is 0 Å². The van der Waals surface area contributed by atoms with E-state index < -0.39 is 0 Å². The molecule has 1 heterocycles. The molecular formula is C18H19N3O2. The fourth-order valence-electron chi connectivity index (χ4n) is 2.55. The van der Waals surface area contributed by atoms with Crippen LogP contribution in [0.4, 0.5) is 10.5 Å². The third kappa shape index (κ3) is 3.88. The minimum Gasteiger partial charge on any atom is -0.487 e. The van der Waals surface area contributed by atoms with Crippen molar-refractivity contribution in [3.05, 3.63) is 59.7 Å². The van der Waals surface area contributed by atoms with Crippen LogP contribution in [0.25, 0.3) is 0 Å². The van der Waals surface area contributed by atoms with E-state index in [0.717, 1.165) is 29.0 Å². The number of carbonyl (C=O) groups is 1. The Morgan fingerprint density at radius 1 is 1.22 bits per heavy atom. The highest BCUT2D eigenvalue weighted by atomic mass is 16.5. The van der Waals surface area contributed by atoms with Gasteiger partial charge in [-0.1, -0.05) is 30.3 Å². The van der Waals surface area contributed by atoms with E-state index in [9.17, 15) is 4.79 Å². The Morgan fingerprint density at radius 3 is 2.78 bits per heavy atom. The second-order valence-electron chi connectivity index (χ2n) is 6.10. The third-order valence-corrected chi connectivity index (χ3v) is 3.50. The molecule has 3 rings (SSSR count). The van der Waals surface area contributed by atoms with Gasteiger partial charge in [0, 0.05) is 17.7 Å². The molecule has 0 bridgehead atoms. The summed E-state index contributed by atoms with van der Waals surface area (Å²) >= 11 is 0. The van der Waals surface area contributed by atoms with Crippen molar-refractivity contribution < 1.29 is 9.53 Å². The van der Waals surface area contributed by atoms with Gasteiger partial charge in [-0.3, -0.25) is 0 Å². The van der Waals surface area contributed by atoms with Crippen molar-refractivity contribution in [1.82, 2.24) is 5.43 Å². The van der Waals surface area contributed by atoms with E-state index in [1.165, 1.54) is 0 Å². The molecule has 0 unspecified atom stereocenters. The van der Waals surface area contributed by atoms with Crippen LogP contribution in [0.1, 0.15) is 25.0 Å². The molecule has 23 heavy (non-hydrogen) atoms. The zero-order valence-electron chi connectivity index (χ0n) is 13.2. The van der Waals surface area contributed by atoms with Crippen LogP contribution in [0.3, 0.4) is 0 Å². The van der Waals surface area contributed by atoms with Gasteiger partial charge in [0.05, 0.1) is 6.21 Å². The SMILES string of the molecule is CC1(C)Cc2cc(NC(=O)N/N=C/c3ccccc3)ccc2O1. The molecule has 0 spiro atoms. The van der Waals surface area contributed by atoms with Gasteiger partial charge in [-0.2, -0.15) is 5.10 Å². The van der Waals surface area contributed by atoms with Gasteiger partial charge in [0.15, 0.2) is 0 Å². The predicted molar refractivity (Wildman–Crippen MR) is 91.0 cm³/mol. The summed E-state index contributed by atoms with van der Waals surface area (Å²) in [4.78, 5) is 11.9. The number of hydrazone groups is 1. The lowest BCUT2D eigenvalue weighted by Gasteiger charge is -2.16. The molecule has 0 atom stereocenters. The Morgan fingerprint density at radius 2 is 2.00 bits per heavy atom. The number of ether oxygens (including phenoxy) is 1. The lowest BCUT2D eigenvalue weighted by molar-refractivity contribution is 0.138. The van der Waals surface area contributed by atoms with Gasteiger partial charge in [0.2, 0.25) is 0 Å². The molecule has 0 radical (unpaired) electrons. The van der Waals surface area contributed by atoms with Gasteiger partial charge in [-0.05, 0) is 37.6 Å². The number of amides is 2. The van der Waals surface area contributed by atoms with E-state index in [1.807, 2.05) is 62.4 Å². The van der Waals surface area contributed by atoms with Crippen molar-refractivity contribution in [2.75, 3.05) is 5.32 Å². The lowest BCUT2D eigenvalue weighted by atomic mass is 10.0. The molecule has 1 aliphatic rings. The molecular weight excluding hydrogens is 290 g/mol. The fourth-order valence-corrected chi connectivity index (χ4v) is 2.55. The van der Waals surface area contributed by atoms with Crippen LogP contribution in [0.5, 0.6) is 5.75 Å². The van der Waals surface area contributed by atoms with Crippen molar-refractivity contribution in [3.63, 3.8) is 0 Å². The highest BCUT2D eigenvalue weighted by molar-refractivity contribution is 5.90. The van der Waals surface area contributed by atoms with E-state index in [1.54, 1.807) is 6.21 Å². The van der Waals surface area contributed by atoms with E-state index in [-0.39, 0.29) is 11.6 Å². The smallest absolute Gasteiger partial charge is 0.339 e. The number of rotatable bonds is 3. The number of benzene rings is 2. The van der Waals surface area contributed by atoms with Crippen molar-refractivity contribution in [2.45, 2.75) is 25.9 Å². The lowest BCUT2D eigenvalue weighted by Crippen LogP contribution is -2.24. The van der Waals surface area contributed by atoms with Gasteiger partial charge in [-0.25, -0.2) is 10.2 Å². The Hall–Kier alpha value is -2.82. The quantitative estimate of drug-likeness (QED) is 0.672. The number of urea groups is 1. The van der Waals surface area contributed by atoms with Crippen LogP contribution in [-0.2, 0) is 6.42 Å². The second-order valence-corrected chi connectivity index (χ2v) is 6.10. The molecule has 5 nitrogen and oxygen atoms in total. The van der Waals surface area contributed by atoms with Gasteiger partial charge < -0.3 is 10.1 Å². The molecule has 2 aromatic carbocycles. The molecule has 2 amide bonds. The summed E-state index contributed by atoms with van der Waals surface area (Å²) in [5.41, 5.74) is 5.00. The van der Waals surface area contributed by atoms with Gasteiger partial charge in [-0.15, -0.1) is 0 Å². The summed E-state index contributed by atoms with van der Waals surface area (Å²) < 4.78 is 5.82. The van der Waals surface area contributed by atoms with E-state index in [2.05, 4.69) is 15.8 Å². The summed E-state index contributed by atoms with van der Waals surface area (Å²) in [5.74, 6) is 0.878. The molecule has 5 heteroatoms. The number of nitrogens with zero attached hydrogens (tertiary/aromatic N) is 1. The van der Waals surface area contributed by atoms with Crippen molar-refractivity contribution >= 4 is 17.9 Å². The molecule has 0 aromatic heterocycles. The molecule has 2 aromatic rings. The summed E-state index contributed by atoms with van der Waals surface area (Å²) in [6.45, 7) is 4.09. The molecule has 0 saturated carbocycles. The number of anilines is 1. The van der Waals surface area contributed by atoms with E-state index in [0.29, 0.717) is 0 Å². The standard InChI is InChI=1S/C18H19N3O2/c1-18(2)11-14-10-15(8-9-16(14)23-18)20-17(22)21-19-12-13-6-4-3-5-7-13/h3-10,12H,11H2,1-2H3,(H2,20,21,22)/b19-12+. The Bertz CT molecular complexity index is 739. The van der Waals surface area contributed by atoms with Crippen LogP contribution in [0, 0.1) is 0 Å². The first-order valence-electron chi connectivity index (χ1n) is 7.49. The first-order chi connectivity index (χ1) is 11.0. The predicted octanol–water partition coefficient (Wildman–Crippen LogP) is 3.56. The van der Waals surface area contributed by atoms with Gasteiger partial charge in [0.1, 0.15) is 11.4 Å². The Balaban J connectivity index is 1.58. The third-order valence-electron chi connectivity index (χ3n) is 3.50. The van der Waals surface area contributed by atoms with E-state index >= 15 is 0 Å². The Kier molecular flexibility index (Phi) is 4.02. The second kappa shape index (κ2) is 6.12. The highest BCUT2D eigenvalue weighted by Crippen LogP contribution is 2.36. The monoisotopic (exact) mass is 309 g/mol. The molecule has 2 N–H and O–H groups in total. The van der Waals surface area contributed by atoms with Crippen LogP contribution in [0.15, 0.2) is 53.6 Å². The first-order valence-corrected chi connectivity index (χ1v) is 7.49. The minimum absolute atomic E-state index is 0.191. The summed E-state index contributed by atoms with van der Waals surface area (Å²) in [5, 5.41) is 6.69. The van der Waals surface area contributed by atoms with Crippen LogP contribution >= 0.6 is 0 Å². The average molecular weight is 309 g/mol. The normalized spacial score (nSPS) is 15.0. The largest absolute Gasteiger partial charge is 0.487 e. The zero-order chi connectivity index (χ0) is 16.3. The maximum atomic E-state index is 11.9.